The van der Waals surface area contributed by atoms with Crippen molar-refractivity contribution in [2.75, 3.05) is 13.6 Å². The molecule has 6 heteroatoms. The van der Waals surface area contributed by atoms with Crippen LogP contribution in [0.4, 0.5) is 4.79 Å². The molecule has 2 amide bonds. The zero-order valence-corrected chi connectivity index (χ0v) is 20.5. The van der Waals surface area contributed by atoms with Gasteiger partial charge in [-0.05, 0) is 89.4 Å². The molecule has 2 fully saturated rings. The van der Waals surface area contributed by atoms with E-state index >= 15 is 0 Å². The summed E-state index contributed by atoms with van der Waals surface area (Å²) in [6.45, 7) is 10.2. The van der Waals surface area contributed by atoms with E-state index in [-0.39, 0.29) is 41.8 Å². The molecule has 2 rings (SSSR count). The third-order valence-electron chi connectivity index (χ3n) is 7.37. The van der Waals surface area contributed by atoms with Crippen LogP contribution in [0.5, 0.6) is 0 Å². The first-order chi connectivity index (χ1) is 14.6. The first-order valence-electron chi connectivity index (χ1n) is 12.3. The lowest BCUT2D eigenvalue weighted by Gasteiger charge is -2.45. The standard InChI is InChI=1S/C25H44N2O4/c1-16(2)31-25(30)27(15-17(3)13-19(5)28)23-14-22(8-7-18(23)4)20-9-11-21(12-10-20)24(29)26-6/h16-18,20-23H,7-15H2,1-6H3,(H,26,29)/t17-,18?,20?,21?,22?,23?/m1/s1. The Balaban J connectivity index is 2.08. The maximum atomic E-state index is 13.0. The Bertz CT molecular complexity index is 613. The summed E-state index contributed by atoms with van der Waals surface area (Å²) in [5.41, 5.74) is 0. The number of ketones is 1. The summed E-state index contributed by atoms with van der Waals surface area (Å²) in [7, 11) is 1.72. The number of carbonyl (C=O) groups is 3. The van der Waals surface area contributed by atoms with E-state index in [0.717, 1.165) is 38.5 Å². The van der Waals surface area contributed by atoms with Gasteiger partial charge in [0, 0.05) is 32.0 Å². The van der Waals surface area contributed by atoms with Gasteiger partial charge in [0.15, 0.2) is 0 Å². The summed E-state index contributed by atoms with van der Waals surface area (Å²) in [5.74, 6) is 2.25. The lowest BCUT2D eigenvalue weighted by molar-refractivity contribution is -0.126. The molecule has 2 aliphatic carbocycles. The molecule has 4 atom stereocenters. The minimum Gasteiger partial charge on any atom is -0.447 e. The molecule has 0 bridgehead atoms. The first-order valence-corrected chi connectivity index (χ1v) is 12.3. The smallest absolute Gasteiger partial charge is 0.410 e. The highest BCUT2D eigenvalue weighted by Crippen LogP contribution is 2.43. The summed E-state index contributed by atoms with van der Waals surface area (Å²) in [6, 6.07) is 0.149. The van der Waals surface area contributed by atoms with E-state index in [2.05, 4.69) is 12.2 Å². The fourth-order valence-corrected chi connectivity index (χ4v) is 5.75. The molecule has 0 aromatic carbocycles. The fourth-order valence-electron chi connectivity index (χ4n) is 5.75. The molecule has 31 heavy (non-hydrogen) atoms. The van der Waals surface area contributed by atoms with Gasteiger partial charge in [-0.25, -0.2) is 4.79 Å². The van der Waals surface area contributed by atoms with Crippen LogP contribution in [0.3, 0.4) is 0 Å². The summed E-state index contributed by atoms with van der Waals surface area (Å²) >= 11 is 0. The predicted molar refractivity (Wildman–Crippen MR) is 123 cm³/mol. The molecular weight excluding hydrogens is 392 g/mol. The van der Waals surface area contributed by atoms with Gasteiger partial charge in [0.1, 0.15) is 5.78 Å². The Hall–Kier alpha value is -1.59. The van der Waals surface area contributed by atoms with E-state index in [4.69, 9.17) is 4.74 Å². The van der Waals surface area contributed by atoms with Gasteiger partial charge in [-0.15, -0.1) is 0 Å². The Morgan fingerprint density at radius 3 is 2.16 bits per heavy atom. The van der Waals surface area contributed by atoms with E-state index in [9.17, 15) is 14.4 Å². The highest BCUT2D eigenvalue weighted by atomic mass is 16.6. The molecule has 3 unspecified atom stereocenters. The molecule has 0 saturated heterocycles. The molecule has 1 N–H and O–H groups in total. The number of hydrogen-bond acceptors (Lipinski definition) is 4. The van der Waals surface area contributed by atoms with Gasteiger partial charge in [0.25, 0.3) is 0 Å². The Morgan fingerprint density at radius 1 is 1.00 bits per heavy atom. The lowest BCUT2D eigenvalue weighted by Crippen LogP contribution is -2.50. The highest BCUT2D eigenvalue weighted by molar-refractivity contribution is 5.78. The average Bonchev–Trinajstić information content (AvgIpc) is 2.71. The second-order valence-electron chi connectivity index (χ2n) is 10.4. The maximum absolute atomic E-state index is 13.0. The van der Waals surface area contributed by atoms with Crippen molar-refractivity contribution < 1.29 is 19.1 Å². The number of ether oxygens (including phenoxy) is 1. The van der Waals surface area contributed by atoms with Gasteiger partial charge in [0.2, 0.25) is 5.91 Å². The van der Waals surface area contributed by atoms with Crippen molar-refractivity contribution in [3.05, 3.63) is 0 Å². The van der Waals surface area contributed by atoms with Crippen LogP contribution in [0.2, 0.25) is 0 Å². The minimum atomic E-state index is -0.244. The first kappa shape index (κ1) is 25.7. The number of nitrogens with one attached hydrogen (secondary N) is 1. The molecule has 178 valence electrons. The molecular formula is C25H44N2O4. The third-order valence-corrected chi connectivity index (χ3v) is 7.37. The Kier molecular flexibility index (Phi) is 9.83. The predicted octanol–water partition coefficient (Wildman–Crippen LogP) is 4.81. The van der Waals surface area contributed by atoms with E-state index in [1.54, 1.807) is 14.0 Å². The van der Waals surface area contributed by atoms with Crippen molar-refractivity contribution in [3.8, 4) is 0 Å². The van der Waals surface area contributed by atoms with Crippen LogP contribution in [0.25, 0.3) is 0 Å². The number of carbonyl (C=O) groups excluding carboxylic acids is 3. The SMILES string of the molecule is CNC(=O)C1CCC(C2CCC(C)C(N(C[C@H](C)CC(C)=O)C(=O)OC(C)C)C2)CC1. The summed E-state index contributed by atoms with van der Waals surface area (Å²) in [6.07, 6.45) is 7.52. The molecule has 0 aliphatic heterocycles. The molecule has 0 aromatic rings. The van der Waals surface area contributed by atoms with Crippen LogP contribution in [-0.2, 0) is 14.3 Å². The van der Waals surface area contributed by atoms with Gasteiger partial charge in [-0.2, -0.15) is 0 Å². The monoisotopic (exact) mass is 436 g/mol. The van der Waals surface area contributed by atoms with E-state index in [1.165, 1.54) is 6.42 Å². The maximum Gasteiger partial charge on any atom is 0.410 e. The molecule has 0 spiro atoms. The van der Waals surface area contributed by atoms with Crippen LogP contribution in [0, 0.1) is 29.6 Å². The van der Waals surface area contributed by atoms with Gasteiger partial charge in [-0.1, -0.05) is 13.8 Å². The Morgan fingerprint density at radius 2 is 1.61 bits per heavy atom. The van der Waals surface area contributed by atoms with Gasteiger partial charge >= 0.3 is 6.09 Å². The van der Waals surface area contributed by atoms with Crippen molar-refractivity contribution in [2.45, 2.75) is 98.1 Å². The van der Waals surface area contributed by atoms with Crippen LogP contribution < -0.4 is 5.32 Å². The van der Waals surface area contributed by atoms with E-state index < -0.39 is 0 Å². The van der Waals surface area contributed by atoms with Crippen molar-refractivity contribution in [1.82, 2.24) is 10.2 Å². The number of nitrogens with zero attached hydrogens (tertiary/aromatic N) is 1. The molecule has 0 radical (unpaired) electrons. The quantitative estimate of drug-likeness (QED) is 0.593. The Labute approximate surface area is 188 Å². The topological polar surface area (TPSA) is 75.7 Å². The molecule has 6 nitrogen and oxygen atoms in total. The normalized spacial score (nSPS) is 29.8. The van der Waals surface area contributed by atoms with Crippen LogP contribution in [-0.4, -0.2) is 48.4 Å². The van der Waals surface area contributed by atoms with Crippen molar-refractivity contribution >= 4 is 17.8 Å². The van der Waals surface area contributed by atoms with Crippen molar-refractivity contribution in [2.24, 2.45) is 29.6 Å². The van der Waals surface area contributed by atoms with Crippen molar-refractivity contribution in [1.29, 1.82) is 0 Å². The molecule has 0 aromatic heterocycles. The third kappa shape index (κ3) is 7.50. The summed E-state index contributed by atoms with van der Waals surface area (Å²) in [5, 5.41) is 2.80. The van der Waals surface area contributed by atoms with Crippen molar-refractivity contribution in [3.63, 3.8) is 0 Å². The fraction of sp³-hybridized carbons (Fsp3) is 0.880. The van der Waals surface area contributed by atoms with Crippen LogP contribution >= 0.6 is 0 Å². The largest absolute Gasteiger partial charge is 0.447 e. The van der Waals surface area contributed by atoms with E-state index in [0.29, 0.717) is 30.7 Å². The summed E-state index contributed by atoms with van der Waals surface area (Å²) < 4.78 is 5.61. The minimum absolute atomic E-state index is 0.118. The lowest BCUT2D eigenvalue weighted by atomic mass is 9.67. The number of hydrogen-bond donors (Lipinski definition) is 1. The number of amides is 2. The second kappa shape index (κ2) is 11.9. The number of rotatable bonds is 8. The van der Waals surface area contributed by atoms with Crippen LogP contribution in [0.1, 0.15) is 86.0 Å². The zero-order chi connectivity index (χ0) is 23.1. The average molecular weight is 437 g/mol. The second-order valence-corrected chi connectivity index (χ2v) is 10.4. The van der Waals surface area contributed by atoms with Gasteiger partial charge < -0.3 is 19.7 Å². The molecule has 2 saturated carbocycles. The highest BCUT2D eigenvalue weighted by Gasteiger charge is 2.39. The van der Waals surface area contributed by atoms with E-state index in [1.807, 2.05) is 25.7 Å². The molecule has 0 heterocycles. The molecule has 2 aliphatic rings. The van der Waals surface area contributed by atoms with Gasteiger partial charge in [-0.3, -0.25) is 4.79 Å². The number of Topliss-reactive ketones (excluding diaryl/α,β-unsaturated/α-hetero) is 1. The van der Waals surface area contributed by atoms with Gasteiger partial charge in [0.05, 0.1) is 6.10 Å². The van der Waals surface area contributed by atoms with Crippen LogP contribution in [0.15, 0.2) is 0 Å². The zero-order valence-electron chi connectivity index (χ0n) is 20.5. The summed E-state index contributed by atoms with van der Waals surface area (Å²) in [4.78, 5) is 38.6.